The van der Waals surface area contributed by atoms with Gasteiger partial charge >= 0.3 is 5.97 Å². The molecule has 0 bridgehead atoms. The molecular weight excluding hydrogens is 482 g/mol. The average Bonchev–Trinajstić information content (AvgIpc) is 3.40. The molecule has 2 N–H and O–H groups in total. The van der Waals surface area contributed by atoms with Gasteiger partial charge in [0.1, 0.15) is 17.5 Å². The fraction of sp³-hybridized carbons (Fsp3) is 0.286. The van der Waals surface area contributed by atoms with Crippen LogP contribution in [0.25, 0.3) is 11.1 Å². The molecule has 1 aliphatic rings. The number of nitrogens with one attached hydrogen (secondary N) is 1. The number of carboxylic acid groups (broad SMARTS) is 1. The number of amides is 1. The Morgan fingerprint density at radius 2 is 1.67 bits per heavy atom. The van der Waals surface area contributed by atoms with E-state index >= 15 is 0 Å². The third-order valence-electron chi connectivity index (χ3n) is 6.41. The number of aliphatic carboxylic acids is 1. The summed E-state index contributed by atoms with van der Waals surface area (Å²) in [5.41, 5.74) is 1.85. The van der Waals surface area contributed by atoms with Crippen molar-refractivity contribution in [2.75, 3.05) is 20.8 Å². The summed E-state index contributed by atoms with van der Waals surface area (Å²) in [5, 5.41) is 13.1. The summed E-state index contributed by atoms with van der Waals surface area (Å²) in [5.74, 6) is -0.253. The zero-order valence-corrected chi connectivity index (χ0v) is 20.9. The molecule has 0 spiro atoms. The Morgan fingerprint density at radius 3 is 2.19 bits per heavy atom. The lowest BCUT2D eigenvalue weighted by Crippen LogP contribution is -2.51. The average molecular weight is 510 g/mol. The molecule has 1 fully saturated rings. The number of hydrogen-bond donors (Lipinski definition) is 2. The van der Waals surface area contributed by atoms with Gasteiger partial charge in [-0.2, -0.15) is 0 Å². The van der Waals surface area contributed by atoms with E-state index < -0.39 is 23.5 Å². The van der Waals surface area contributed by atoms with Gasteiger partial charge in [-0.1, -0.05) is 54.1 Å². The van der Waals surface area contributed by atoms with Gasteiger partial charge in [-0.05, 0) is 53.8 Å². The second-order valence-electron chi connectivity index (χ2n) is 8.59. The van der Waals surface area contributed by atoms with Crippen LogP contribution in [0.1, 0.15) is 24.0 Å². The lowest BCUT2D eigenvalue weighted by Gasteiger charge is -2.29. The maximum Gasteiger partial charge on any atom is 0.326 e. The van der Waals surface area contributed by atoms with E-state index in [0.717, 1.165) is 16.7 Å². The van der Waals surface area contributed by atoms with E-state index in [9.17, 15) is 14.7 Å². The minimum Gasteiger partial charge on any atom is -0.496 e. The summed E-state index contributed by atoms with van der Waals surface area (Å²) in [6.45, 7) is 0.418. The van der Waals surface area contributed by atoms with Crippen molar-refractivity contribution in [2.45, 2.75) is 30.9 Å². The molecule has 0 saturated carbocycles. The number of hydrogen-bond acceptors (Lipinski definition) is 5. The molecule has 0 aliphatic carbocycles. The number of rotatable bonds is 9. The lowest BCUT2D eigenvalue weighted by atomic mass is 9.89. The highest BCUT2D eigenvalue weighted by Gasteiger charge is 2.45. The highest BCUT2D eigenvalue weighted by Crippen LogP contribution is 2.39. The predicted molar refractivity (Wildman–Crippen MR) is 137 cm³/mol. The van der Waals surface area contributed by atoms with Crippen LogP contribution in [0.4, 0.5) is 0 Å². The van der Waals surface area contributed by atoms with Crippen LogP contribution in [0.3, 0.4) is 0 Å². The van der Waals surface area contributed by atoms with Gasteiger partial charge in [-0.3, -0.25) is 4.79 Å². The second-order valence-corrected chi connectivity index (χ2v) is 9.03. The molecule has 0 aromatic heterocycles. The first-order chi connectivity index (χ1) is 17.4. The van der Waals surface area contributed by atoms with Gasteiger partial charge < -0.3 is 24.6 Å². The predicted octanol–water partition coefficient (Wildman–Crippen LogP) is 4.84. The molecule has 36 heavy (non-hydrogen) atoms. The van der Waals surface area contributed by atoms with E-state index in [2.05, 4.69) is 5.32 Å². The van der Waals surface area contributed by atoms with Crippen molar-refractivity contribution >= 4 is 23.5 Å². The maximum absolute atomic E-state index is 13.4. The van der Waals surface area contributed by atoms with Crippen molar-refractivity contribution in [1.29, 1.82) is 0 Å². The summed E-state index contributed by atoms with van der Waals surface area (Å²) < 4.78 is 16.9. The maximum atomic E-state index is 13.4. The highest BCUT2D eigenvalue weighted by atomic mass is 35.5. The normalized spacial score (nSPS) is 17.9. The van der Waals surface area contributed by atoms with Gasteiger partial charge in [0.15, 0.2) is 5.60 Å². The molecule has 1 aliphatic heterocycles. The number of carboxylic acids is 1. The lowest BCUT2D eigenvalue weighted by molar-refractivity contribution is -0.149. The van der Waals surface area contributed by atoms with Gasteiger partial charge in [0.2, 0.25) is 0 Å². The molecule has 1 saturated heterocycles. The number of carbonyl (C=O) groups is 2. The van der Waals surface area contributed by atoms with Crippen LogP contribution in [-0.2, 0) is 26.3 Å². The molecule has 8 heteroatoms. The van der Waals surface area contributed by atoms with Crippen molar-refractivity contribution in [3.05, 3.63) is 82.9 Å². The Labute approximate surface area is 215 Å². The minimum absolute atomic E-state index is 0.112. The molecule has 1 heterocycles. The Morgan fingerprint density at radius 1 is 1.03 bits per heavy atom. The summed E-state index contributed by atoms with van der Waals surface area (Å²) in [6, 6.07) is 18.7. The molecular formula is C28H28ClNO6. The van der Waals surface area contributed by atoms with Crippen molar-refractivity contribution in [2.24, 2.45) is 0 Å². The van der Waals surface area contributed by atoms with Gasteiger partial charge in [0.25, 0.3) is 5.91 Å². The smallest absolute Gasteiger partial charge is 0.326 e. The number of methoxy groups -OCH3 is 2. The monoisotopic (exact) mass is 509 g/mol. The van der Waals surface area contributed by atoms with Crippen LogP contribution in [0.15, 0.2) is 66.7 Å². The standard InChI is InChI=1S/C28H28ClNO6/c1-34-23-5-3-6-24(35-2)25(23)19-9-7-18(8-10-19)17-22(26(31)32)30-27(33)28(15-4-16-36-28)20-11-13-21(29)14-12-20/h3,5-14,22H,4,15-17H2,1-2H3,(H,30,33)(H,31,32)/t22-,28-/m0/s1. The number of carbonyl (C=O) groups excluding carboxylic acids is 1. The van der Waals surface area contributed by atoms with Crippen LogP contribution >= 0.6 is 11.6 Å². The number of halogens is 1. The molecule has 188 valence electrons. The van der Waals surface area contributed by atoms with Crippen LogP contribution in [-0.4, -0.2) is 43.9 Å². The Kier molecular flexibility index (Phi) is 7.82. The Hall–Kier alpha value is -3.55. The van der Waals surface area contributed by atoms with Crippen LogP contribution in [0.2, 0.25) is 5.02 Å². The summed E-state index contributed by atoms with van der Waals surface area (Å²) >= 11 is 6.01. The SMILES string of the molecule is COc1cccc(OC)c1-c1ccc(C[C@H](NC(=O)[C@@]2(c3ccc(Cl)cc3)CCCO2)C(=O)O)cc1. The third-order valence-corrected chi connectivity index (χ3v) is 6.66. The Bertz CT molecular complexity index is 1200. The summed E-state index contributed by atoms with van der Waals surface area (Å²) in [7, 11) is 3.19. The van der Waals surface area contributed by atoms with Crippen LogP contribution in [0.5, 0.6) is 11.5 Å². The second kappa shape index (κ2) is 11.0. The van der Waals surface area contributed by atoms with Gasteiger partial charge in [-0.15, -0.1) is 0 Å². The van der Waals surface area contributed by atoms with E-state index in [1.54, 1.807) is 38.5 Å². The summed E-state index contributed by atoms with van der Waals surface area (Å²) in [6.07, 6.45) is 1.27. The van der Waals surface area contributed by atoms with E-state index in [0.29, 0.717) is 41.5 Å². The topological polar surface area (TPSA) is 94.1 Å². The Balaban J connectivity index is 1.54. The van der Waals surface area contributed by atoms with Crippen LogP contribution < -0.4 is 14.8 Å². The summed E-state index contributed by atoms with van der Waals surface area (Å²) in [4.78, 5) is 25.5. The largest absolute Gasteiger partial charge is 0.496 e. The molecule has 1 amide bonds. The van der Waals surface area contributed by atoms with E-state index in [1.165, 1.54) is 0 Å². The minimum atomic E-state index is -1.23. The molecule has 2 atom stereocenters. The van der Waals surface area contributed by atoms with Gasteiger partial charge in [0, 0.05) is 18.1 Å². The fourth-order valence-corrected chi connectivity index (χ4v) is 4.68. The van der Waals surface area contributed by atoms with E-state index in [-0.39, 0.29) is 6.42 Å². The molecule has 0 unspecified atom stereocenters. The van der Waals surface area contributed by atoms with Crippen molar-refractivity contribution in [3.63, 3.8) is 0 Å². The molecule has 4 rings (SSSR count). The van der Waals surface area contributed by atoms with E-state index in [1.807, 2.05) is 42.5 Å². The quantitative estimate of drug-likeness (QED) is 0.428. The van der Waals surface area contributed by atoms with Gasteiger partial charge in [0.05, 0.1) is 19.8 Å². The molecule has 7 nitrogen and oxygen atoms in total. The zero-order chi connectivity index (χ0) is 25.7. The first-order valence-electron chi connectivity index (χ1n) is 11.6. The van der Waals surface area contributed by atoms with Crippen LogP contribution in [0, 0.1) is 0 Å². The molecule has 3 aromatic rings. The molecule has 3 aromatic carbocycles. The molecule has 0 radical (unpaired) electrons. The fourth-order valence-electron chi connectivity index (χ4n) is 4.55. The zero-order valence-electron chi connectivity index (χ0n) is 20.1. The highest BCUT2D eigenvalue weighted by molar-refractivity contribution is 6.30. The number of ether oxygens (including phenoxy) is 3. The third kappa shape index (κ3) is 5.17. The first-order valence-corrected chi connectivity index (χ1v) is 12.0. The number of benzene rings is 3. The van der Waals surface area contributed by atoms with Gasteiger partial charge in [-0.25, -0.2) is 4.79 Å². The first kappa shape index (κ1) is 25.5. The van der Waals surface area contributed by atoms with Crippen molar-refractivity contribution < 1.29 is 28.9 Å². The van der Waals surface area contributed by atoms with Crippen molar-refractivity contribution in [3.8, 4) is 22.6 Å². The van der Waals surface area contributed by atoms with Crippen molar-refractivity contribution in [1.82, 2.24) is 5.32 Å². The van der Waals surface area contributed by atoms with E-state index in [4.69, 9.17) is 25.8 Å².